The van der Waals surface area contributed by atoms with Gasteiger partial charge in [-0.3, -0.25) is 10.6 Å². The number of rotatable bonds is 3. The van der Waals surface area contributed by atoms with Gasteiger partial charge in [0.2, 0.25) is 0 Å². The molecule has 1 amide bonds. The smallest absolute Gasteiger partial charge is 0.253 e. The Morgan fingerprint density at radius 1 is 1.47 bits per heavy atom. The maximum atomic E-state index is 11.8. The molecule has 0 bridgehead atoms. The highest BCUT2D eigenvalue weighted by molar-refractivity contribution is 5.99. The van der Waals surface area contributed by atoms with Crippen LogP contribution in [0.25, 0.3) is 0 Å². The van der Waals surface area contributed by atoms with Crippen LogP contribution in [0.2, 0.25) is 0 Å². The Labute approximate surface area is 88.8 Å². The third-order valence-electron chi connectivity index (χ3n) is 2.75. The van der Waals surface area contributed by atoms with Crippen molar-refractivity contribution in [3.8, 4) is 0 Å². The summed E-state index contributed by atoms with van der Waals surface area (Å²) in [6.07, 6.45) is 1.07. The summed E-state index contributed by atoms with van der Waals surface area (Å²) in [6, 6.07) is 7.55. The number of anilines is 1. The number of amides is 1. The van der Waals surface area contributed by atoms with Gasteiger partial charge < -0.3 is 10.7 Å². The molecule has 0 spiro atoms. The summed E-state index contributed by atoms with van der Waals surface area (Å²) in [7, 11) is 0. The van der Waals surface area contributed by atoms with E-state index in [2.05, 4.69) is 17.7 Å². The van der Waals surface area contributed by atoms with E-state index in [9.17, 15) is 4.79 Å². The molecule has 4 N–H and O–H groups in total. The lowest BCUT2D eigenvalue weighted by molar-refractivity contribution is 0.0950. The maximum Gasteiger partial charge on any atom is 0.253 e. The van der Waals surface area contributed by atoms with Crippen LogP contribution in [0.4, 0.5) is 5.69 Å². The number of nitrogens with two attached hydrogens (primary N) is 1. The molecule has 0 aromatic heterocycles. The summed E-state index contributed by atoms with van der Waals surface area (Å²) in [5.41, 5.74) is 3.77. The minimum Gasteiger partial charge on any atom is -0.349 e. The molecule has 2 rings (SSSR count). The van der Waals surface area contributed by atoms with Crippen molar-refractivity contribution >= 4 is 11.6 Å². The molecule has 1 aliphatic rings. The SMILES string of the molecule is CC1CC1NC(=O)c1ccccc1NN. The van der Waals surface area contributed by atoms with Gasteiger partial charge in [0.25, 0.3) is 5.91 Å². The first-order valence-electron chi connectivity index (χ1n) is 5.09. The van der Waals surface area contributed by atoms with Crippen LogP contribution in [-0.4, -0.2) is 11.9 Å². The van der Waals surface area contributed by atoms with Crippen LogP contribution in [0.15, 0.2) is 24.3 Å². The maximum absolute atomic E-state index is 11.8. The summed E-state index contributed by atoms with van der Waals surface area (Å²) in [4.78, 5) is 11.8. The molecule has 1 fully saturated rings. The number of nitrogens with one attached hydrogen (secondary N) is 2. The fourth-order valence-electron chi connectivity index (χ4n) is 1.58. The lowest BCUT2D eigenvalue weighted by Gasteiger charge is -2.08. The number of para-hydroxylation sites is 1. The van der Waals surface area contributed by atoms with Crippen LogP contribution in [0, 0.1) is 5.92 Å². The van der Waals surface area contributed by atoms with E-state index >= 15 is 0 Å². The second-order valence-electron chi connectivity index (χ2n) is 3.98. The predicted molar refractivity (Wildman–Crippen MR) is 59.3 cm³/mol. The molecule has 1 aromatic carbocycles. The summed E-state index contributed by atoms with van der Waals surface area (Å²) in [6.45, 7) is 2.12. The van der Waals surface area contributed by atoms with E-state index < -0.39 is 0 Å². The molecule has 2 atom stereocenters. The normalized spacial score (nSPS) is 23.3. The Hall–Kier alpha value is -1.55. The van der Waals surface area contributed by atoms with E-state index in [0.717, 1.165) is 6.42 Å². The van der Waals surface area contributed by atoms with Gasteiger partial charge in [0.15, 0.2) is 0 Å². The van der Waals surface area contributed by atoms with Gasteiger partial charge in [-0.05, 0) is 24.5 Å². The zero-order chi connectivity index (χ0) is 10.8. The molecule has 0 heterocycles. The summed E-state index contributed by atoms with van der Waals surface area (Å²) < 4.78 is 0. The topological polar surface area (TPSA) is 67.2 Å². The fourth-order valence-corrected chi connectivity index (χ4v) is 1.58. The zero-order valence-corrected chi connectivity index (χ0v) is 8.66. The van der Waals surface area contributed by atoms with Crippen molar-refractivity contribution in [3.63, 3.8) is 0 Å². The van der Waals surface area contributed by atoms with Crippen LogP contribution in [-0.2, 0) is 0 Å². The van der Waals surface area contributed by atoms with Crippen molar-refractivity contribution in [3.05, 3.63) is 29.8 Å². The molecule has 80 valence electrons. The Morgan fingerprint density at radius 2 is 2.13 bits per heavy atom. The van der Waals surface area contributed by atoms with Crippen molar-refractivity contribution in [2.24, 2.45) is 11.8 Å². The third-order valence-corrected chi connectivity index (χ3v) is 2.75. The van der Waals surface area contributed by atoms with Crippen molar-refractivity contribution in [1.29, 1.82) is 0 Å². The van der Waals surface area contributed by atoms with Gasteiger partial charge in [0.1, 0.15) is 0 Å². The molecule has 1 saturated carbocycles. The minimum absolute atomic E-state index is 0.0575. The highest BCUT2D eigenvalue weighted by Crippen LogP contribution is 2.29. The summed E-state index contributed by atoms with van der Waals surface area (Å²) >= 11 is 0. The molecular weight excluding hydrogens is 190 g/mol. The molecule has 1 aromatic rings. The summed E-state index contributed by atoms with van der Waals surface area (Å²) in [5, 5.41) is 2.96. The largest absolute Gasteiger partial charge is 0.349 e. The molecule has 4 heteroatoms. The van der Waals surface area contributed by atoms with Gasteiger partial charge in [-0.2, -0.15) is 0 Å². The molecular formula is C11H15N3O. The Bertz CT molecular complexity index is 378. The van der Waals surface area contributed by atoms with E-state index in [1.807, 2.05) is 12.1 Å². The second-order valence-corrected chi connectivity index (χ2v) is 3.98. The molecule has 15 heavy (non-hydrogen) atoms. The summed E-state index contributed by atoms with van der Waals surface area (Å²) in [5.74, 6) is 5.88. The lowest BCUT2D eigenvalue weighted by atomic mass is 10.1. The van der Waals surface area contributed by atoms with E-state index in [4.69, 9.17) is 5.84 Å². The van der Waals surface area contributed by atoms with Crippen molar-refractivity contribution in [2.45, 2.75) is 19.4 Å². The van der Waals surface area contributed by atoms with E-state index in [-0.39, 0.29) is 5.91 Å². The van der Waals surface area contributed by atoms with Crippen LogP contribution < -0.4 is 16.6 Å². The highest BCUT2D eigenvalue weighted by atomic mass is 16.1. The first-order chi connectivity index (χ1) is 7.22. The Morgan fingerprint density at radius 3 is 2.73 bits per heavy atom. The molecule has 2 unspecified atom stereocenters. The molecule has 0 radical (unpaired) electrons. The third kappa shape index (κ3) is 2.10. The van der Waals surface area contributed by atoms with E-state index in [0.29, 0.717) is 23.2 Å². The Balaban J connectivity index is 2.10. The number of hydrogen-bond acceptors (Lipinski definition) is 3. The van der Waals surface area contributed by atoms with E-state index in [1.54, 1.807) is 12.1 Å². The van der Waals surface area contributed by atoms with Gasteiger partial charge in [-0.1, -0.05) is 19.1 Å². The first kappa shape index (κ1) is 9.98. The van der Waals surface area contributed by atoms with Crippen LogP contribution in [0.1, 0.15) is 23.7 Å². The Kier molecular flexibility index (Phi) is 2.60. The number of carbonyl (C=O) groups excluding carboxylic acids is 1. The number of hydrogen-bond donors (Lipinski definition) is 3. The van der Waals surface area contributed by atoms with Gasteiger partial charge in [0, 0.05) is 6.04 Å². The highest BCUT2D eigenvalue weighted by Gasteiger charge is 2.34. The monoisotopic (exact) mass is 205 g/mol. The number of benzene rings is 1. The molecule has 4 nitrogen and oxygen atoms in total. The first-order valence-corrected chi connectivity index (χ1v) is 5.09. The number of hydrazine groups is 1. The fraction of sp³-hybridized carbons (Fsp3) is 0.364. The predicted octanol–water partition coefficient (Wildman–Crippen LogP) is 1.11. The molecule has 1 aliphatic carbocycles. The average Bonchev–Trinajstić information content (AvgIpc) is 2.94. The standard InChI is InChI=1S/C11H15N3O/c1-7-6-10(7)13-11(15)8-4-2-3-5-9(8)14-12/h2-5,7,10,14H,6,12H2,1H3,(H,13,15). The van der Waals surface area contributed by atoms with E-state index in [1.165, 1.54) is 0 Å². The van der Waals surface area contributed by atoms with Crippen molar-refractivity contribution < 1.29 is 4.79 Å². The van der Waals surface area contributed by atoms with Gasteiger partial charge in [0.05, 0.1) is 11.3 Å². The second kappa shape index (κ2) is 3.90. The molecule has 0 aliphatic heterocycles. The van der Waals surface area contributed by atoms with Gasteiger partial charge in [-0.25, -0.2) is 0 Å². The number of nitrogen functional groups attached to an aromatic ring is 1. The molecule has 0 saturated heterocycles. The van der Waals surface area contributed by atoms with Gasteiger partial charge in [-0.15, -0.1) is 0 Å². The zero-order valence-electron chi connectivity index (χ0n) is 8.66. The van der Waals surface area contributed by atoms with Crippen LogP contribution in [0.3, 0.4) is 0 Å². The quantitative estimate of drug-likeness (QED) is 0.511. The number of carbonyl (C=O) groups is 1. The van der Waals surface area contributed by atoms with Gasteiger partial charge >= 0.3 is 0 Å². The average molecular weight is 205 g/mol. The van der Waals surface area contributed by atoms with Crippen molar-refractivity contribution in [1.82, 2.24) is 5.32 Å². The minimum atomic E-state index is -0.0575. The van der Waals surface area contributed by atoms with Crippen LogP contribution >= 0.6 is 0 Å². The lowest BCUT2D eigenvalue weighted by Crippen LogP contribution is -2.27. The van der Waals surface area contributed by atoms with Crippen molar-refractivity contribution in [2.75, 3.05) is 5.43 Å². The van der Waals surface area contributed by atoms with Crippen LogP contribution in [0.5, 0.6) is 0 Å².